The normalized spacial score (nSPS) is 11.7. The van der Waals surface area contributed by atoms with E-state index in [-0.39, 0.29) is 0 Å². The van der Waals surface area contributed by atoms with Crippen LogP contribution in [0.3, 0.4) is 0 Å². The summed E-state index contributed by atoms with van der Waals surface area (Å²) in [6.45, 7) is 1.97. The molecule has 0 saturated carbocycles. The highest BCUT2D eigenvalue weighted by atomic mass is 32.1. The van der Waals surface area contributed by atoms with Crippen LogP contribution in [-0.4, -0.2) is 9.97 Å². The zero-order valence-electron chi connectivity index (χ0n) is 12.4. The zero-order chi connectivity index (χ0) is 15.4. The Balaban J connectivity index is 1.85. The van der Waals surface area contributed by atoms with Crippen molar-refractivity contribution in [3.63, 3.8) is 0 Å². The van der Waals surface area contributed by atoms with Crippen LogP contribution in [0.1, 0.15) is 5.69 Å². The third kappa shape index (κ3) is 1.88. The number of aryl methyl sites for hydroxylation is 1. The Morgan fingerprint density at radius 2 is 2.00 bits per heavy atom. The van der Waals surface area contributed by atoms with E-state index in [0.29, 0.717) is 5.71 Å². The first-order valence-electron chi connectivity index (χ1n) is 7.42. The van der Waals surface area contributed by atoms with Crippen molar-refractivity contribution in [2.24, 2.45) is 0 Å². The standard InChI is InChI=1S/C19H12N2OS/c1-11-5-6-14-13-3-2-4-15(18(13)22-19(14)21-11)16-9-17-12(10-20-16)7-8-23-17/h2-10H,1H3. The van der Waals surface area contributed by atoms with Crippen molar-refractivity contribution in [1.29, 1.82) is 0 Å². The van der Waals surface area contributed by atoms with Crippen molar-refractivity contribution in [2.75, 3.05) is 0 Å². The van der Waals surface area contributed by atoms with E-state index in [4.69, 9.17) is 4.42 Å². The molecular formula is C19H12N2OS. The molecule has 110 valence electrons. The Morgan fingerprint density at radius 3 is 2.96 bits per heavy atom. The molecule has 0 aliphatic carbocycles. The van der Waals surface area contributed by atoms with E-state index in [2.05, 4.69) is 45.7 Å². The number of fused-ring (bicyclic) bond motifs is 4. The molecule has 5 aromatic rings. The number of pyridine rings is 2. The second-order valence-electron chi connectivity index (χ2n) is 5.62. The summed E-state index contributed by atoms with van der Waals surface area (Å²) in [6.07, 6.45) is 1.92. The van der Waals surface area contributed by atoms with Crippen LogP contribution in [0.2, 0.25) is 0 Å². The number of thiophene rings is 1. The predicted octanol–water partition coefficient (Wildman–Crippen LogP) is 5.57. The van der Waals surface area contributed by atoms with Crippen LogP contribution in [0.4, 0.5) is 0 Å². The predicted molar refractivity (Wildman–Crippen MR) is 94.9 cm³/mol. The molecule has 0 saturated heterocycles. The minimum Gasteiger partial charge on any atom is -0.437 e. The lowest BCUT2D eigenvalue weighted by atomic mass is 10.1. The van der Waals surface area contributed by atoms with E-state index >= 15 is 0 Å². The topological polar surface area (TPSA) is 38.9 Å². The second kappa shape index (κ2) is 4.64. The second-order valence-corrected chi connectivity index (χ2v) is 6.57. The smallest absolute Gasteiger partial charge is 0.227 e. The van der Waals surface area contributed by atoms with E-state index in [1.54, 1.807) is 11.3 Å². The summed E-state index contributed by atoms with van der Waals surface area (Å²) in [7, 11) is 0. The monoisotopic (exact) mass is 316 g/mol. The molecule has 0 aliphatic heterocycles. The maximum atomic E-state index is 6.06. The van der Waals surface area contributed by atoms with Gasteiger partial charge >= 0.3 is 0 Å². The molecule has 0 radical (unpaired) electrons. The molecule has 0 N–H and O–H groups in total. The Morgan fingerprint density at radius 1 is 1.04 bits per heavy atom. The van der Waals surface area contributed by atoms with Gasteiger partial charge in [0.2, 0.25) is 5.71 Å². The Kier molecular flexibility index (Phi) is 2.58. The molecule has 0 aliphatic rings. The highest BCUT2D eigenvalue weighted by Crippen LogP contribution is 2.35. The van der Waals surface area contributed by atoms with Crippen LogP contribution in [-0.2, 0) is 0 Å². The first-order valence-corrected chi connectivity index (χ1v) is 8.30. The molecular weight excluding hydrogens is 304 g/mol. The quantitative estimate of drug-likeness (QED) is 0.406. The van der Waals surface area contributed by atoms with Gasteiger partial charge in [0, 0.05) is 38.3 Å². The highest BCUT2D eigenvalue weighted by molar-refractivity contribution is 7.17. The van der Waals surface area contributed by atoms with Gasteiger partial charge in [-0.3, -0.25) is 4.98 Å². The number of aromatic nitrogens is 2. The average molecular weight is 316 g/mol. The number of hydrogen-bond donors (Lipinski definition) is 0. The maximum absolute atomic E-state index is 6.06. The minimum atomic E-state index is 0.685. The Bertz CT molecular complexity index is 1190. The number of furan rings is 1. The van der Waals surface area contributed by atoms with Gasteiger partial charge in [-0.1, -0.05) is 12.1 Å². The van der Waals surface area contributed by atoms with Crippen LogP contribution in [0, 0.1) is 6.92 Å². The molecule has 0 unspecified atom stereocenters. The summed E-state index contributed by atoms with van der Waals surface area (Å²) >= 11 is 1.73. The van der Waals surface area contributed by atoms with E-state index < -0.39 is 0 Å². The molecule has 1 aromatic carbocycles. The highest BCUT2D eigenvalue weighted by Gasteiger charge is 2.14. The van der Waals surface area contributed by atoms with Gasteiger partial charge in [-0.05, 0) is 42.6 Å². The number of nitrogens with zero attached hydrogens (tertiary/aromatic N) is 2. The van der Waals surface area contributed by atoms with Crippen molar-refractivity contribution in [3.8, 4) is 11.3 Å². The van der Waals surface area contributed by atoms with E-state index in [1.165, 1.54) is 10.1 Å². The fourth-order valence-electron chi connectivity index (χ4n) is 2.98. The number of para-hydroxylation sites is 1. The largest absolute Gasteiger partial charge is 0.437 e. The molecule has 3 nitrogen and oxygen atoms in total. The summed E-state index contributed by atoms with van der Waals surface area (Å²) in [5.74, 6) is 0. The van der Waals surface area contributed by atoms with Gasteiger partial charge in [0.05, 0.1) is 5.69 Å². The van der Waals surface area contributed by atoms with E-state index in [9.17, 15) is 0 Å². The summed E-state index contributed by atoms with van der Waals surface area (Å²) in [5, 5.41) is 5.39. The molecule has 23 heavy (non-hydrogen) atoms. The molecule has 5 rings (SSSR count). The van der Waals surface area contributed by atoms with Crippen LogP contribution >= 0.6 is 11.3 Å². The molecule has 0 atom stereocenters. The van der Waals surface area contributed by atoms with Gasteiger partial charge in [0.25, 0.3) is 0 Å². The third-order valence-corrected chi connectivity index (χ3v) is 5.00. The van der Waals surface area contributed by atoms with E-state index in [0.717, 1.165) is 33.3 Å². The first-order chi connectivity index (χ1) is 11.3. The Labute approximate surface area is 136 Å². The SMILES string of the molecule is Cc1ccc2c(n1)oc1c(-c3cc4sccc4cn3)cccc12. The Hall–Kier alpha value is -2.72. The van der Waals surface area contributed by atoms with Gasteiger partial charge in [-0.25, -0.2) is 4.98 Å². The molecule has 4 aromatic heterocycles. The zero-order valence-corrected chi connectivity index (χ0v) is 13.2. The van der Waals surface area contributed by atoms with Gasteiger partial charge in [0.15, 0.2) is 0 Å². The average Bonchev–Trinajstić information content (AvgIpc) is 3.17. The van der Waals surface area contributed by atoms with Crippen molar-refractivity contribution >= 4 is 43.5 Å². The lowest BCUT2D eigenvalue weighted by Gasteiger charge is -2.02. The van der Waals surface area contributed by atoms with Gasteiger partial charge in [0.1, 0.15) is 5.58 Å². The summed E-state index contributed by atoms with van der Waals surface area (Å²) in [5.41, 5.74) is 4.43. The van der Waals surface area contributed by atoms with Gasteiger partial charge < -0.3 is 4.42 Å². The van der Waals surface area contributed by atoms with E-state index in [1.807, 2.05) is 25.3 Å². The van der Waals surface area contributed by atoms with Crippen LogP contribution in [0.5, 0.6) is 0 Å². The minimum absolute atomic E-state index is 0.685. The summed E-state index contributed by atoms with van der Waals surface area (Å²) < 4.78 is 7.30. The van der Waals surface area contributed by atoms with Crippen LogP contribution in [0.25, 0.3) is 43.4 Å². The molecule has 0 spiro atoms. The van der Waals surface area contributed by atoms with Gasteiger partial charge in [-0.15, -0.1) is 11.3 Å². The van der Waals surface area contributed by atoms with Crippen molar-refractivity contribution in [1.82, 2.24) is 9.97 Å². The lowest BCUT2D eigenvalue weighted by Crippen LogP contribution is -1.83. The first kappa shape index (κ1) is 12.8. The molecule has 0 amide bonds. The number of benzene rings is 1. The number of hydrogen-bond acceptors (Lipinski definition) is 4. The van der Waals surface area contributed by atoms with Gasteiger partial charge in [-0.2, -0.15) is 0 Å². The molecule has 0 fully saturated rings. The summed E-state index contributed by atoms with van der Waals surface area (Å²) in [6, 6.07) is 14.5. The fraction of sp³-hybridized carbons (Fsp3) is 0.0526. The van der Waals surface area contributed by atoms with Crippen molar-refractivity contribution in [3.05, 3.63) is 59.7 Å². The fourth-order valence-corrected chi connectivity index (χ4v) is 3.77. The maximum Gasteiger partial charge on any atom is 0.227 e. The molecule has 0 bridgehead atoms. The lowest BCUT2D eigenvalue weighted by molar-refractivity contribution is 0.653. The van der Waals surface area contributed by atoms with Crippen LogP contribution < -0.4 is 0 Å². The van der Waals surface area contributed by atoms with Crippen LogP contribution in [0.15, 0.2) is 58.5 Å². The summed E-state index contributed by atoms with van der Waals surface area (Å²) in [4.78, 5) is 9.12. The van der Waals surface area contributed by atoms with Crippen molar-refractivity contribution < 1.29 is 4.42 Å². The third-order valence-electron chi connectivity index (χ3n) is 4.12. The number of rotatable bonds is 1. The molecule has 4 heterocycles. The molecule has 4 heteroatoms. The van der Waals surface area contributed by atoms with Crippen molar-refractivity contribution in [2.45, 2.75) is 6.92 Å².